The number of allylic oxidation sites excluding steroid dienone is 4. The molecule has 0 N–H and O–H groups in total. The van der Waals surface area contributed by atoms with E-state index < -0.39 is 0 Å². The fraction of sp³-hybridized carbons (Fsp3) is 0.357. The fourth-order valence-electron chi connectivity index (χ4n) is 2.04. The lowest BCUT2D eigenvalue weighted by Gasteiger charge is -2.29. The zero-order valence-corrected chi connectivity index (χ0v) is 9.35. The van der Waals surface area contributed by atoms with Crippen LogP contribution >= 0.6 is 0 Å². The van der Waals surface area contributed by atoms with Gasteiger partial charge in [0.15, 0.2) is 0 Å². The molecule has 1 heterocycles. The van der Waals surface area contributed by atoms with Crippen molar-refractivity contribution in [1.29, 1.82) is 0 Å². The summed E-state index contributed by atoms with van der Waals surface area (Å²) in [6, 6.07) is 6.12. The largest absolute Gasteiger partial charge is 0.261 e. The van der Waals surface area contributed by atoms with Gasteiger partial charge in [-0.25, -0.2) is 0 Å². The van der Waals surface area contributed by atoms with E-state index in [9.17, 15) is 0 Å². The number of hydrogen-bond donors (Lipinski definition) is 0. The van der Waals surface area contributed by atoms with Gasteiger partial charge in [0.1, 0.15) is 0 Å². The van der Waals surface area contributed by atoms with Crippen LogP contribution in [0.4, 0.5) is 0 Å². The van der Waals surface area contributed by atoms with Crippen LogP contribution in [0.1, 0.15) is 19.5 Å². The molecule has 0 atom stereocenters. The zero-order chi connectivity index (χ0) is 10.7. The molecule has 0 aromatic carbocycles. The minimum atomic E-state index is 0.248. The average molecular weight is 199 g/mol. The van der Waals surface area contributed by atoms with Crippen LogP contribution in [0.15, 0.2) is 48.7 Å². The molecule has 1 heteroatoms. The first kappa shape index (κ1) is 10.2. The molecule has 0 saturated heterocycles. The molecule has 0 amide bonds. The van der Waals surface area contributed by atoms with E-state index in [1.54, 1.807) is 0 Å². The summed E-state index contributed by atoms with van der Waals surface area (Å²) >= 11 is 0. The lowest BCUT2D eigenvalue weighted by atomic mass is 9.76. The molecular weight excluding hydrogens is 182 g/mol. The molecule has 0 unspecified atom stereocenters. The molecule has 15 heavy (non-hydrogen) atoms. The van der Waals surface area contributed by atoms with Crippen LogP contribution in [0.2, 0.25) is 0 Å². The first-order valence-electron chi connectivity index (χ1n) is 5.43. The van der Waals surface area contributed by atoms with Crippen molar-refractivity contribution < 1.29 is 0 Å². The summed E-state index contributed by atoms with van der Waals surface area (Å²) in [6.45, 7) is 4.60. The molecule has 1 aromatic rings. The first-order valence-corrected chi connectivity index (χ1v) is 5.43. The van der Waals surface area contributed by atoms with Gasteiger partial charge in [-0.15, -0.1) is 0 Å². The summed E-state index contributed by atoms with van der Waals surface area (Å²) in [5, 5.41) is 0. The Balaban J connectivity index is 2.10. The Morgan fingerprint density at radius 2 is 1.93 bits per heavy atom. The summed E-state index contributed by atoms with van der Waals surface area (Å²) in [4.78, 5) is 4.39. The number of hydrogen-bond acceptors (Lipinski definition) is 1. The highest BCUT2D eigenvalue weighted by molar-refractivity contribution is 5.21. The summed E-state index contributed by atoms with van der Waals surface area (Å²) in [5.41, 5.74) is 1.42. The van der Waals surface area contributed by atoms with Gasteiger partial charge >= 0.3 is 0 Å². The Bertz CT molecular complexity index is 362. The van der Waals surface area contributed by atoms with E-state index in [0.29, 0.717) is 5.92 Å². The third-order valence-corrected chi connectivity index (χ3v) is 3.01. The second-order valence-electron chi connectivity index (χ2n) is 4.78. The third kappa shape index (κ3) is 2.35. The predicted molar refractivity (Wildman–Crippen MR) is 63.5 cm³/mol. The van der Waals surface area contributed by atoms with Crippen LogP contribution in [0.3, 0.4) is 0 Å². The van der Waals surface area contributed by atoms with Crippen molar-refractivity contribution in [3.05, 3.63) is 54.4 Å². The second-order valence-corrected chi connectivity index (χ2v) is 4.78. The number of rotatable bonds is 3. The molecule has 0 radical (unpaired) electrons. The standard InChI is InChI=1S/C14H17N/c1-14(2,12-7-3-4-8-12)11-13-9-5-6-10-15-13/h3-10,12H,11H2,1-2H3. The highest BCUT2D eigenvalue weighted by Gasteiger charge is 2.27. The van der Waals surface area contributed by atoms with Crippen molar-refractivity contribution in [2.24, 2.45) is 11.3 Å². The quantitative estimate of drug-likeness (QED) is 0.727. The van der Waals surface area contributed by atoms with Gasteiger partial charge in [0.2, 0.25) is 0 Å². The first-order chi connectivity index (χ1) is 7.18. The molecule has 0 aliphatic heterocycles. The van der Waals surface area contributed by atoms with E-state index in [1.165, 1.54) is 5.69 Å². The van der Waals surface area contributed by atoms with E-state index in [1.807, 2.05) is 12.3 Å². The molecule has 0 fully saturated rings. The molecule has 1 nitrogen and oxygen atoms in total. The highest BCUT2D eigenvalue weighted by atomic mass is 14.7. The van der Waals surface area contributed by atoms with E-state index >= 15 is 0 Å². The Labute approximate surface area is 91.6 Å². The zero-order valence-electron chi connectivity index (χ0n) is 9.35. The Kier molecular flexibility index (Phi) is 2.72. The SMILES string of the molecule is CC(C)(Cc1ccccn1)C1C=CC=C1. The smallest absolute Gasteiger partial charge is 0.0409 e. The van der Waals surface area contributed by atoms with Gasteiger partial charge in [-0.2, -0.15) is 0 Å². The Morgan fingerprint density at radius 1 is 1.20 bits per heavy atom. The van der Waals surface area contributed by atoms with Crippen molar-refractivity contribution in [2.75, 3.05) is 0 Å². The van der Waals surface area contributed by atoms with Crippen molar-refractivity contribution in [1.82, 2.24) is 4.98 Å². The van der Waals surface area contributed by atoms with E-state index in [4.69, 9.17) is 0 Å². The highest BCUT2D eigenvalue weighted by Crippen LogP contribution is 2.34. The summed E-state index contributed by atoms with van der Waals surface area (Å²) in [5.74, 6) is 0.541. The Morgan fingerprint density at radius 3 is 2.53 bits per heavy atom. The van der Waals surface area contributed by atoms with Crippen LogP contribution in [0.25, 0.3) is 0 Å². The number of pyridine rings is 1. The maximum Gasteiger partial charge on any atom is 0.0409 e. The molecule has 0 spiro atoms. The molecule has 1 aromatic heterocycles. The maximum absolute atomic E-state index is 4.39. The molecular formula is C14H17N. The van der Waals surface area contributed by atoms with E-state index in [-0.39, 0.29) is 5.41 Å². The third-order valence-electron chi connectivity index (χ3n) is 3.01. The van der Waals surface area contributed by atoms with Crippen LogP contribution in [0, 0.1) is 11.3 Å². The van der Waals surface area contributed by atoms with Gasteiger partial charge in [0.05, 0.1) is 0 Å². The van der Waals surface area contributed by atoms with Crippen LogP contribution in [0.5, 0.6) is 0 Å². The molecule has 0 bridgehead atoms. The molecule has 2 rings (SSSR count). The van der Waals surface area contributed by atoms with Crippen molar-refractivity contribution >= 4 is 0 Å². The van der Waals surface area contributed by atoms with Gasteiger partial charge in [-0.1, -0.05) is 44.2 Å². The molecule has 0 saturated carbocycles. The van der Waals surface area contributed by atoms with E-state index in [0.717, 1.165) is 6.42 Å². The lowest BCUT2D eigenvalue weighted by Crippen LogP contribution is -2.23. The maximum atomic E-state index is 4.39. The fourth-order valence-corrected chi connectivity index (χ4v) is 2.04. The molecule has 1 aliphatic carbocycles. The molecule has 1 aliphatic rings. The topological polar surface area (TPSA) is 12.9 Å². The van der Waals surface area contributed by atoms with Gasteiger partial charge in [-0.3, -0.25) is 4.98 Å². The summed E-state index contributed by atoms with van der Waals surface area (Å²) in [7, 11) is 0. The van der Waals surface area contributed by atoms with Crippen LogP contribution in [-0.4, -0.2) is 4.98 Å². The van der Waals surface area contributed by atoms with Gasteiger partial charge in [-0.05, 0) is 24.0 Å². The van der Waals surface area contributed by atoms with Crippen molar-refractivity contribution in [3.63, 3.8) is 0 Å². The monoisotopic (exact) mass is 199 g/mol. The van der Waals surface area contributed by atoms with Crippen molar-refractivity contribution in [2.45, 2.75) is 20.3 Å². The number of aromatic nitrogens is 1. The van der Waals surface area contributed by atoms with Crippen molar-refractivity contribution in [3.8, 4) is 0 Å². The second kappa shape index (κ2) is 4.01. The van der Waals surface area contributed by atoms with Gasteiger partial charge in [0.25, 0.3) is 0 Å². The van der Waals surface area contributed by atoms with E-state index in [2.05, 4.69) is 55.3 Å². The normalized spacial score (nSPS) is 16.1. The lowest BCUT2D eigenvalue weighted by molar-refractivity contribution is 0.300. The van der Waals surface area contributed by atoms with Gasteiger partial charge < -0.3 is 0 Å². The van der Waals surface area contributed by atoms with Gasteiger partial charge in [0, 0.05) is 17.8 Å². The average Bonchev–Trinajstić information content (AvgIpc) is 2.71. The Hall–Kier alpha value is -1.37. The minimum absolute atomic E-state index is 0.248. The summed E-state index contributed by atoms with van der Waals surface area (Å²) in [6.07, 6.45) is 11.7. The minimum Gasteiger partial charge on any atom is -0.261 e. The molecule has 78 valence electrons. The van der Waals surface area contributed by atoms with Crippen LogP contribution in [-0.2, 0) is 6.42 Å². The number of nitrogens with zero attached hydrogens (tertiary/aromatic N) is 1. The predicted octanol–water partition coefficient (Wildman–Crippen LogP) is 3.39. The summed E-state index contributed by atoms with van der Waals surface area (Å²) < 4.78 is 0. The van der Waals surface area contributed by atoms with Crippen LogP contribution < -0.4 is 0 Å².